The van der Waals surface area contributed by atoms with Crippen LogP contribution in [0.25, 0.3) is 0 Å². The second kappa shape index (κ2) is 7.06. The fourth-order valence-corrected chi connectivity index (χ4v) is 2.92. The lowest BCUT2D eigenvalue weighted by atomic mass is 10.1. The van der Waals surface area contributed by atoms with Gasteiger partial charge in [-0.25, -0.2) is 4.39 Å². The van der Waals surface area contributed by atoms with Crippen LogP contribution in [0.15, 0.2) is 30.3 Å². The summed E-state index contributed by atoms with van der Waals surface area (Å²) in [5.74, 6) is -0.445. The van der Waals surface area contributed by atoms with Crippen molar-refractivity contribution in [2.24, 2.45) is 0 Å². The topological polar surface area (TPSA) is 77.7 Å². The Kier molecular flexibility index (Phi) is 4.85. The SMILES string of the molecule is COc1ccc(F)cc1C(=O)N1CCOC(c2cc(N)cc(C)n2)C1. The molecule has 25 heavy (non-hydrogen) atoms. The number of methoxy groups -OCH3 is 1. The first-order chi connectivity index (χ1) is 12.0. The van der Waals surface area contributed by atoms with Crippen molar-refractivity contribution in [3.63, 3.8) is 0 Å². The van der Waals surface area contributed by atoms with E-state index in [1.807, 2.05) is 6.92 Å². The second-order valence-electron chi connectivity index (χ2n) is 5.92. The number of nitrogen functional groups attached to an aromatic ring is 1. The number of anilines is 1. The van der Waals surface area contributed by atoms with Gasteiger partial charge < -0.3 is 20.1 Å². The number of aryl methyl sites for hydroxylation is 1. The van der Waals surface area contributed by atoms with Crippen molar-refractivity contribution in [2.75, 3.05) is 32.5 Å². The summed E-state index contributed by atoms with van der Waals surface area (Å²) < 4.78 is 24.5. The summed E-state index contributed by atoms with van der Waals surface area (Å²) in [6.07, 6.45) is -0.376. The molecule has 6 nitrogen and oxygen atoms in total. The van der Waals surface area contributed by atoms with Crippen molar-refractivity contribution in [1.29, 1.82) is 0 Å². The molecule has 1 atom stereocenters. The number of rotatable bonds is 3. The van der Waals surface area contributed by atoms with Crippen LogP contribution < -0.4 is 10.5 Å². The highest BCUT2D eigenvalue weighted by atomic mass is 19.1. The summed E-state index contributed by atoms with van der Waals surface area (Å²) >= 11 is 0. The number of hydrogen-bond donors (Lipinski definition) is 1. The van der Waals surface area contributed by atoms with Crippen molar-refractivity contribution >= 4 is 11.6 Å². The number of carbonyl (C=O) groups excluding carboxylic acids is 1. The standard InChI is InChI=1S/C18H20FN3O3/c1-11-7-13(20)9-15(21-11)17-10-22(5-6-25-17)18(23)14-8-12(19)3-4-16(14)24-2/h3-4,7-9,17H,5-6,10H2,1-2H3,(H2,20,21). The van der Waals surface area contributed by atoms with Gasteiger partial charge in [-0.15, -0.1) is 0 Å². The van der Waals surface area contributed by atoms with Crippen LogP contribution in [0.1, 0.15) is 27.8 Å². The fraction of sp³-hybridized carbons (Fsp3) is 0.333. The van der Waals surface area contributed by atoms with Gasteiger partial charge in [-0.1, -0.05) is 0 Å². The lowest BCUT2D eigenvalue weighted by Gasteiger charge is -2.33. The van der Waals surface area contributed by atoms with Crippen molar-refractivity contribution < 1.29 is 18.7 Å². The predicted octanol–water partition coefficient (Wildman–Crippen LogP) is 2.33. The number of benzene rings is 1. The first-order valence-corrected chi connectivity index (χ1v) is 7.96. The molecule has 1 saturated heterocycles. The number of carbonyl (C=O) groups is 1. The van der Waals surface area contributed by atoms with E-state index in [9.17, 15) is 9.18 Å². The van der Waals surface area contributed by atoms with E-state index in [1.54, 1.807) is 17.0 Å². The molecule has 0 aliphatic carbocycles. The third-order valence-electron chi connectivity index (χ3n) is 4.07. The molecule has 7 heteroatoms. The summed E-state index contributed by atoms with van der Waals surface area (Å²) in [5.41, 5.74) is 8.13. The van der Waals surface area contributed by atoms with Gasteiger partial charge in [0.1, 0.15) is 17.7 Å². The van der Waals surface area contributed by atoms with E-state index in [4.69, 9.17) is 15.2 Å². The van der Waals surface area contributed by atoms with Crippen molar-refractivity contribution in [3.05, 3.63) is 53.1 Å². The van der Waals surface area contributed by atoms with Gasteiger partial charge in [-0.05, 0) is 37.3 Å². The van der Waals surface area contributed by atoms with Gasteiger partial charge in [0.2, 0.25) is 0 Å². The van der Waals surface area contributed by atoms with E-state index in [-0.39, 0.29) is 17.6 Å². The summed E-state index contributed by atoms with van der Waals surface area (Å²) in [6, 6.07) is 7.41. The molecular weight excluding hydrogens is 325 g/mol. The first kappa shape index (κ1) is 17.2. The number of amides is 1. The van der Waals surface area contributed by atoms with Gasteiger partial charge in [-0.2, -0.15) is 0 Å². The first-order valence-electron chi connectivity index (χ1n) is 7.96. The number of pyridine rings is 1. The Morgan fingerprint density at radius 3 is 2.92 bits per heavy atom. The Labute approximate surface area is 145 Å². The molecule has 1 aromatic carbocycles. The molecule has 0 spiro atoms. The molecule has 3 rings (SSSR count). The van der Waals surface area contributed by atoms with E-state index in [1.165, 1.54) is 25.3 Å². The van der Waals surface area contributed by atoms with Crippen LogP contribution in [0.2, 0.25) is 0 Å². The minimum Gasteiger partial charge on any atom is -0.496 e. The average molecular weight is 345 g/mol. The van der Waals surface area contributed by atoms with Gasteiger partial charge in [0.25, 0.3) is 5.91 Å². The zero-order valence-electron chi connectivity index (χ0n) is 14.2. The van der Waals surface area contributed by atoms with Crippen LogP contribution in [0.4, 0.5) is 10.1 Å². The van der Waals surface area contributed by atoms with E-state index >= 15 is 0 Å². The number of halogens is 1. The van der Waals surface area contributed by atoms with Crippen LogP contribution in [-0.4, -0.2) is 42.6 Å². The van der Waals surface area contributed by atoms with Crippen LogP contribution in [0, 0.1) is 12.7 Å². The Balaban J connectivity index is 1.84. The van der Waals surface area contributed by atoms with Crippen LogP contribution in [-0.2, 0) is 4.74 Å². The number of aromatic nitrogens is 1. The van der Waals surface area contributed by atoms with E-state index in [2.05, 4.69) is 4.98 Å². The minimum absolute atomic E-state index is 0.194. The van der Waals surface area contributed by atoms with Crippen LogP contribution in [0.3, 0.4) is 0 Å². The fourth-order valence-electron chi connectivity index (χ4n) is 2.92. The minimum atomic E-state index is -0.484. The highest BCUT2D eigenvalue weighted by Crippen LogP contribution is 2.26. The zero-order valence-corrected chi connectivity index (χ0v) is 14.2. The Morgan fingerprint density at radius 1 is 1.40 bits per heavy atom. The third-order valence-corrected chi connectivity index (χ3v) is 4.07. The highest BCUT2D eigenvalue weighted by molar-refractivity contribution is 5.97. The van der Waals surface area contributed by atoms with Gasteiger partial charge in [0.15, 0.2) is 0 Å². The van der Waals surface area contributed by atoms with Crippen molar-refractivity contribution in [3.8, 4) is 5.75 Å². The quantitative estimate of drug-likeness (QED) is 0.924. The monoisotopic (exact) mass is 345 g/mol. The summed E-state index contributed by atoms with van der Waals surface area (Å²) in [5, 5.41) is 0. The lowest BCUT2D eigenvalue weighted by Crippen LogP contribution is -2.42. The number of hydrogen-bond acceptors (Lipinski definition) is 5. The Bertz CT molecular complexity index is 777. The van der Waals surface area contributed by atoms with Gasteiger partial charge in [-0.3, -0.25) is 9.78 Å². The van der Waals surface area contributed by atoms with Crippen LogP contribution >= 0.6 is 0 Å². The maximum absolute atomic E-state index is 13.6. The maximum atomic E-state index is 13.6. The molecule has 0 bridgehead atoms. The zero-order chi connectivity index (χ0) is 18.0. The molecule has 0 saturated carbocycles. The maximum Gasteiger partial charge on any atom is 0.257 e. The smallest absolute Gasteiger partial charge is 0.257 e. The summed E-state index contributed by atoms with van der Waals surface area (Å²) in [4.78, 5) is 18.9. The van der Waals surface area contributed by atoms with Gasteiger partial charge in [0, 0.05) is 17.9 Å². The van der Waals surface area contributed by atoms with Gasteiger partial charge >= 0.3 is 0 Å². The molecule has 2 N–H and O–H groups in total. The molecule has 2 heterocycles. The molecule has 1 aromatic heterocycles. The molecule has 2 aromatic rings. The lowest BCUT2D eigenvalue weighted by molar-refractivity contribution is -0.0248. The molecular formula is C18H20FN3O3. The normalized spacial score (nSPS) is 17.4. The highest BCUT2D eigenvalue weighted by Gasteiger charge is 2.29. The molecule has 1 fully saturated rings. The molecule has 0 radical (unpaired) electrons. The molecule has 132 valence electrons. The average Bonchev–Trinajstić information content (AvgIpc) is 2.60. The van der Waals surface area contributed by atoms with E-state index in [0.717, 1.165) is 5.69 Å². The number of morpholine rings is 1. The van der Waals surface area contributed by atoms with Gasteiger partial charge in [0.05, 0.1) is 31.5 Å². The van der Waals surface area contributed by atoms with E-state index < -0.39 is 5.82 Å². The number of nitrogens with zero attached hydrogens (tertiary/aromatic N) is 2. The summed E-state index contributed by atoms with van der Waals surface area (Å²) in [7, 11) is 1.45. The van der Waals surface area contributed by atoms with Crippen molar-refractivity contribution in [2.45, 2.75) is 13.0 Å². The van der Waals surface area contributed by atoms with E-state index in [0.29, 0.717) is 36.8 Å². The predicted molar refractivity (Wildman–Crippen MR) is 90.9 cm³/mol. The molecule has 1 aliphatic rings. The third kappa shape index (κ3) is 3.71. The summed E-state index contributed by atoms with van der Waals surface area (Å²) in [6.45, 7) is 2.94. The molecule has 1 amide bonds. The van der Waals surface area contributed by atoms with Crippen LogP contribution in [0.5, 0.6) is 5.75 Å². The van der Waals surface area contributed by atoms with Crippen molar-refractivity contribution in [1.82, 2.24) is 9.88 Å². The molecule has 1 unspecified atom stereocenters. The number of ether oxygens (including phenoxy) is 2. The molecule has 1 aliphatic heterocycles. The largest absolute Gasteiger partial charge is 0.496 e. The Morgan fingerprint density at radius 2 is 2.20 bits per heavy atom. The second-order valence-corrected chi connectivity index (χ2v) is 5.92. The number of nitrogens with two attached hydrogens (primary N) is 1. The Hall–Kier alpha value is -2.67.